The van der Waals surface area contributed by atoms with Gasteiger partial charge >= 0.3 is 6.03 Å². The van der Waals surface area contributed by atoms with Crippen molar-refractivity contribution in [1.29, 1.82) is 0 Å². The molecule has 1 saturated carbocycles. The number of rotatable bonds is 6. The molecule has 0 radical (unpaired) electrons. The fourth-order valence-corrected chi connectivity index (χ4v) is 4.47. The molecule has 2 amide bonds. The molecule has 1 heterocycles. The number of nitrogens with one attached hydrogen (secondary N) is 3. The van der Waals surface area contributed by atoms with Gasteiger partial charge in [0.25, 0.3) is 0 Å². The van der Waals surface area contributed by atoms with Crippen molar-refractivity contribution in [3.05, 3.63) is 48.5 Å². The number of aromatic nitrogens is 2. The first-order valence-electron chi connectivity index (χ1n) is 10.9. The summed E-state index contributed by atoms with van der Waals surface area (Å²) in [5.74, 6) is 1.57. The van der Waals surface area contributed by atoms with Crippen LogP contribution in [0, 0.1) is 0 Å². The second-order valence-electron chi connectivity index (χ2n) is 8.30. The fraction of sp³-hybridized carbons (Fsp3) is 0.375. The molecule has 0 atom stereocenters. The molecule has 3 N–H and O–H groups in total. The zero-order chi connectivity index (χ0) is 22.5. The molecule has 32 heavy (non-hydrogen) atoms. The molecule has 1 aromatic heterocycles. The van der Waals surface area contributed by atoms with E-state index in [-0.39, 0.29) is 12.1 Å². The Kier molecular flexibility index (Phi) is 6.99. The van der Waals surface area contributed by atoms with Crippen molar-refractivity contribution in [2.75, 3.05) is 35.9 Å². The third-order valence-corrected chi connectivity index (χ3v) is 6.49. The Balaban J connectivity index is 1.30. The number of thioether (sulfide) groups is 1. The molecule has 3 aromatic rings. The number of hydrogen-bond donors (Lipinski definition) is 3. The van der Waals surface area contributed by atoms with E-state index in [9.17, 15) is 4.79 Å². The highest BCUT2D eigenvalue weighted by Crippen LogP contribution is 2.26. The first-order valence-corrected chi connectivity index (χ1v) is 12.2. The van der Waals surface area contributed by atoms with Crippen LogP contribution in [0.25, 0.3) is 10.9 Å². The van der Waals surface area contributed by atoms with E-state index < -0.39 is 0 Å². The Morgan fingerprint density at radius 2 is 1.66 bits per heavy atom. The van der Waals surface area contributed by atoms with Gasteiger partial charge in [-0.3, -0.25) is 0 Å². The van der Waals surface area contributed by atoms with E-state index >= 15 is 0 Å². The molecule has 1 aliphatic rings. The number of carbonyl (C=O) groups is 1. The maximum absolute atomic E-state index is 12.4. The van der Waals surface area contributed by atoms with E-state index in [1.54, 1.807) is 11.8 Å². The summed E-state index contributed by atoms with van der Waals surface area (Å²) in [6, 6.07) is 16.3. The van der Waals surface area contributed by atoms with E-state index in [2.05, 4.69) is 16.0 Å². The summed E-state index contributed by atoms with van der Waals surface area (Å²) in [7, 11) is 4.00. The van der Waals surface area contributed by atoms with Gasteiger partial charge in [0.05, 0.1) is 5.52 Å². The number of anilines is 3. The predicted octanol–water partition coefficient (Wildman–Crippen LogP) is 4.96. The van der Waals surface area contributed by atoms with Crippen LogP contribution >= 0.6 is 11.8 Å². The standard InChI is InChI=1S/C24H30N6OS/c1-30(2)22-20-6-4-5-7-21(20)28-23(29-22)25-16-8-10-17(11-9-16)26-24(31)27-18-12-14-19(32-3)15-13-18/h4-7,12-17H,8-11H2,1-3H3,(H,25,28,29)(H2,26,27,31)/t16-,17+. The van der Waals surface area contributed by atoms with Gasteiger partial charge in [-0.1, -0.05) is 12.1 Å². The van der Waals surface area contributed by atoms with Crippen LogP contribution in [0.3, 0.4) is 0 Å². The number of nitrogens with zero attached hydrogens (tertiary/aromatic N) is 3. The molecule has 0 bridgehead atoms. The molecule has 4 rings (SSSR count). The van der Waals surface area contributed by atoms with Gasteiger partial charge in [-0.2, -0.15) is 4.98 Å². The lowest BCUT2D eigenvalue weighted by Gasteiger charge is -2.30. The Hall–Kier alpha value is -3.00. The molecular weight excluding hydrogens is 420 g/mol. The van der Waals surface area contributed by atoms with Gasteiger partial charge in [0.1, 0.15) is 5.82 Å². The Morgan fingerprint density at radius 1 is 0.969 bits per heavy atom. The Labute approximate surface area is 193 Å². The van der Waals surface area contributed by atoms with Gasteiger partial charge in [0, 0.05) is 42.1 Å². The molecule has 0 saturated heterocycles. The Morgan fingerprint density at radius 3 is 2.34 bits per heavy atom. The number of para-hydroxylation sites is 1. The highest BCUT2D eigenvalue weighted by atomic mass is 32.2. The number of hydrogen-bond acceptors (Lipinski definition) is 6. The van der Waals surface area contributed by atoms with Crippen molar-refractivity contribution in [3.63, 3.8) is 0 Å². The van der Waals surface area contributed by atoms with Crippen molar-refractivity contribution in [3.8, 4) is 0 Å². The van der Waals surface area contributed by atoms with Crippen molar-refractivity contribution < 1.29 is 4.79 Å². The first kappa shape index (κ1) is 22.2. The summed E-state index contributed by atoms with van der Waals surface area (Å²) in [6.45, 7) is 0. The zero-order valence-electron chi connectivity index (χ0n) is 18.8. The quantitative estimate of drug-likeness (QED) is 0.461. The van der Waals surface area contributed by atoms with E-state index in [4.69, 9.17) is 9.97 Å². The second-order valence-corrected chi connectivity index (χ2v) is 9.18. The lowest BCUT2D eigenvalue weighted by Crippen LogP contribution is -2.42. The van der Waals surface area contributed by atoms with Crippen LogP contribution in [-0.2, 0) is 0 Å². The molecule has 0 aliphatic heterocycles. The summed E-state index contributed by atoms with van der Waals surface area (Å²) in [5, 5.41) is 10.6. The van der Waals surface area contributed by atoms with Crippen molar-refractivity contribution in [2.24, 2.45) is 0 Å². The summed E-state index contributed by atoms with van der Waals surface area (Å²) in [4.78, 5) is 25.0. The van der Waals surface area contributed by atoms with E-state index in [1.165, 1.54) is 4.90 Å². The van der Waals surface area contributed by atoms with E-state index in [0.717, 1.165) is 48.1 Å². The van der Waals surface area contributed by atoms with E-state index in [0.29, 0.717) is 12.0 Å². The molecule has 1 aliphatic carbocycles. The predicted molar refractivity (Wildman–Crippen MR) is 134 cm³/mol. The number of amides is 2. The SMILES string of the molecule is CSc1ccc(NC(=O)N[C@H]2CC[C@@H](Nc3nc(N(C)C)c4ccccc4n3)CC2)cc1. The van der Waals surface area contributed by atoms with Crippen molar-refractivity contribution >= 4 is 46.1 Å². The topological polar surface area (TPSA) is 82.2 Å². The summed E-state index contributed by atoms with van der Waals surface area (Å²) in [6.07, 6.45) is 5.80. The van der Waals surface area contributed by atoms with E-state index in [1.807, 2.05) is 73.8 Å². The lowest BCUT2D eigenvalue weighted by molar-refractivity contribution is 0.243. The maximum atomic E-state index is 12.4. The van der Waals surface area contributed by atoms with Crippen LogP contribution in [-0.4, -0.2) is 48.4 Å². The monoisotopic (exact) mass is 450 g/mol. The number of fused-ring (bicyclic) bond motifs is 1. The van der Waals surface area contributed by atoms with Crippen LogP contribution < -0.4 is 20.9 Å². The third-order valence-electron chi connectivity index (χ3n) is 5.75. The first-order chi connectivity index (χ1) is 15.5. The highest BCUT2D eigenvalue weighted by Gasteiger charge is 2.23. The van der Waals surface area contributed by atoms with Crippen LogP contribution in [0.2, 0.25) is 0 Å². The van der Waals surface area contributed by atoms with Gasteiger partial charge in [0.15, 0.2) is 0 Å². The molecule has 2 aromatic carbocycles. The molecule has 1 fully saturated rings. The molecule has 7 nitrogen and oxygen atoms in total. The number of urea groups is 1. The minimum absolute atomic E-state index is 0.146. The van der Waals surface area contributed by atoms with Gasteiger partial charge in [0.2, 0.25) is 5.95 Å². The average molecular weight is 451 g/mol. The lowest BCUT2D eigenvalue weighted by atomic mass is 9.91. The smallest absolute Gasteiger partial charge is 0.319 e. The summed E-state index contributed by atoms with van der Waals surface area (Å²) >= 11 is 1.68. The highest BCUT2D eigenvalue weighted by molar-refractivity contribution is 7.98. The minimum atomic E-state index is -0.146. The molecular formula is C24H30N6OS. The van der Waals surface area contributed by atoms with Crippen LogP contribution in [0.15, 0.2) is 53.4 Å². The van der Waals surface area contributed by atoms with Gasteiger partial charge in [-0.05, 0) is 68.3 Å². The fourth-order valence-electron chi connectivity index (χ4n) is 4.06. The maximum Gasteiger partial charge on any atom is 0.319 e. The van der Waals surface area contributed by atoms with Gasteiger partial charge in [-0.15, -0.1) is 11.8 Å². The van der Waals surface area contributed by atoms with Crippen molar-refractivity contribution in [2.45, 2.75) is 42.7 Å². The van der Waals surface area contributed by atoms with Crippen LogP contribution in [0.1, 0.15) is 25.7 Å². The van der Waals surface area contributed by atoms with Crippen LogP contribution in [0.4, 0.5) is 22.2 Å². The average Bonchev–Trinajstić information content (AvgIpc) is 2.80. The van der Waals surface area contributed by atoms with Crippen LogP contribution in [0.5, 0.6) is 0 Å². The zero-order valence-corrected chi connectivity index (χ0v) is 19.6. The number of carbonyl (C=O) groups excluding carboxylic acids is 1. The molecule has 168 valence electrons. The summed E-state index contributed by atoms with van der Waals surface area (Å²) in [5.41, 5.74) is 1.74. The normalized spacial score (nSPS) is 18.2. The van der Waals surface area contributed by atoms with Gasteiger partial charge < -0.3 is 20.9 Å². The summed E-state index contributed by atoms with van der Waals surface area (Å²) < 4.78 is 0. The number of benzene rings is 2. The molecule has 0 unspecified atom stereocenters. The molecule has 0 spiro atoms. The van der Waals surface area contributed by atoms with Gasteiger partial charge in [-0.25, -0.2) is 9.78 Å². The minimum Gasteiger partial charge on any atom is -0.362 e. The molecule has 8 heteroatoms. The third kappa shape index (κ3) is 5.43. The Bertz CT molecular complexity index is 1060. The second kappa shape index (κ2) is 10.1. The largest absolute Gasteiger partial charge is 0.362 e. The van der Waals surface area contributed by atoms with Crippen molar-refractivity contribution in [1.82, 2.24) is 15.3 Å².